The number of nitrogens with zero attached hydrogens (tertiary/aromatic N) is 1. The van der Waals surface area contributed by atoms with Gasteiger partial charge in [0.1, 0.15) is 0 Å². The van der Waals surface area contributed by atoms with Crippen LogP contribution in [0.2, 0.25) is 0 Å². The fourth-order valence-corrected chi connectivity index (χ4v) is 4.21. The van der Waals surface area contributed by atoms with Crippen LogP contribution in [0, 0.1) is 0 Å². The molecule has 0 atom stereocenters. The first kappa shape index (κ1) is 11.8. The van der Waals surface area contributed by atoms with Crippen molar-refractivity contribution >= 4 is 40.3 Å². The molecule has 0 radical (unpaired) electrons. The summed E-state index contributed by atoms with van der Waals surface area (Å²) in [6.07, 6.45) is 0. The van der Waals surface area contributed by atoms with E-state index in [1.807, 2.05) is 24.3 Å². The van der Waals surface area contributed by atoms with Crippen LogP contribution in [0.1, 0.15) is 0 Å². The Bertz CT molecular complexity index is 791. The molecule has 1 heterocycles. The van der Waals surface area contributed by atoms with Crippen LogP contribution in [0.4, 0.5) is 0 Å². The molecule has 0 fully saturated rings. The molecule has 3 aromatic rings. The molecule has 2 aromatic carbocycles. The van der Waals surface area contributed by atoms with Crippen LogP contribution in [0.15, 0.2) is 51.7 Å². The van der Waals surface area contributed by atoms with E-state index in [1.54, 1.807) is 21.8 Å². The van der Waals surface area contributed by atoms with Gasteiger partial charge in [-0.3, -0.25) is 0 Å². The average Bonchev–Trinajstić information content (AvgIpc) is 2.71. The fraction of sp³-hybridized carbons (Fsp3) is 0. The van der Waals surface area contributed by atoms with Gasteiger partial charge in [-0.25, -0.2) is 0 Å². The first-order valence-corrected chi connectivity index (χ1v) is 7.68. The summed E-state index contributed by atoms with van der Waals surface area (Å²) in [6, 6.07) is 12.8. The average molecular weight is 369 g/mol. The summed E-state index contributed by atoms with van der Waals surface area (Å²) in [6.45, 7) is 0. The molecule has 0 bridgehead atoms. The Kier molecular flexibility index (Phi) is 2.90. The molecule has 1 aromatic heterocycles. The molecular weight excluding hydrogens is 361 g/mol. The minimum atomic E-state index is -0.0376. The third kappa shape index (κ3) is 1.85. The van der Waals surface area contributed by atoms with Crippen molar-refractivity contribution in [2.24, 2.45) is 0 Å². The third-order valence-electron chi connectivity index (χ3n) is 2.66. The molecule has 0 aliphatic rings. The van der Waals surface area contributed by atoms with Crippen LogP contribution in [0.25, 0.3) is 15.3 Å². The van der Waals surface area contributed by atoms with Gasteiger partial charge in [-0.05, 0) is 0 Å². The number of benzene rings is 2. The Labute approximate surface area is 117 Å². The van der Waals surface area contributed by atoms with E-state index in [-0.39, 0.29) is 26.0 Å². The molecule has 1 N–H and O–H groups in total. The van der Waals surface area contributed by atoms with E-state index < -0.39 is 0 Å². The maximum atomic E-state index is 12.3. The van der Waals surface area contributed by atoms with Crippen molar-refractivity contribution in [3.63, 3.8) is 0 Å². The number of hydrogen-bond donors (Lipinski definition) is 1. The molecule has 5 heteroatoms. The van der Waals surface area contributed by atoms with E-state index in [1.165, 1.54) is 0 Å². The van der Waals surface area contributed by atoms with Crippen molar-refractivity contribution in [1.82, 2.24) is 3.56 Å². The van der Waals surface area contributed by atoms with Gasteiger partial charge in [-0.2, -0.15) is 0 Å². The van der Waals surface area contributed by atoms with E-state index in [4.69, 9.17) is 0 Å². The monoisotopic (exact) mass is 369 g/mol. The molecule has 18 heavy (non-hydrogen) atoms. The summed E-state index contributed by atoms with van der Waals surface area (Å²) in [5.74, 6) is 0.176. The molecule has 3 nitrogen and oxygen atoms in total. The van der Waals surface area contributed by atoms with Crippen LogP contribution in [-0.2, 0) is 0 Å². The van der Waals surface area contributed by atoms with Crippen molar-refractivity contribution in [1.29, 1.82) is 0 Å². The zero-order valence-electron chi connectivity index (χ0n) is 9.13. The van der Waals surface area contributed by atoms with Gasteiger partial charge in [0.2, 0.25) is 0 Å². The van der Waals surface area contributed by atoms with Gasteiger partial charge < -0.3 is 0 Å². The molecule has 3 rings (SSSR count). The molecule has 0 spiro atoms. The van der Waals surface area contributed by atoms with Gasteiger partial charge in [-0.1, -0.05) is 0 Å². The van der Waals surface area contributed by atoms with Crippen molar-refractivity contribution in [2.45, 2.75) is 0 Å². The van der Waals surface area contributed by atoms with Gasteiger partial charge >= 0.3 is 118 Å². The second-order valence-corrected chi connectivity index (χ2v) is 6.75. The SMILES string of the molecule is O=c1c2ccccc2[se]n1-c1ccc(O)c(Br)c1. The van der Waals surface area contributed by atoms with Gasteiger partial charge in [0, 0.05) is 0 Å². The Morgan fingerprint density at radius 2 is 1.94 bits per heavy atom. The number of fused-ring (bicyclic) bond motifs is 1. The Hall–Kier alpha value is -1.29. The summed E-state index contributed by atoms with van der Waals surface area (Å²) in [5, 5.41) is 10.3. The van der Waals surface area contributed by atoms with Crippen LogP contribution < -0.4 is 5.56 Å². The predicted octanol–water partition coefficient (Wildman–Crippen LogP) is 2.52. The Morgan fingerprint density at radius 1 is 1.17 bits per heavy atom. The summed E-state index contributed by atoms with van der Waals surface area (Å²) in [7, 11) is 0. The molecule has 0 unspecified atom stereocenters. The summed E-state index contributed by atoms with van der Waals surface area (Å²) in [5.41, 5.74) is 0.837. The van der Waals surface area contributed by atoms with Crippen LogP contribution in [0.5, 0.6) is 5.75 Å². The number of aromatic hydroxyl groups is 1. The summed E-state index contributed by atoms with van der Waals surface area (Å²) < 4.78 is 3.46. The minimum absolute atomic E-state index is 0.0307. The van der Waals surface area contributed by atoms with Crippen molar-refractivity contribution < 1.29 is 5.11 Å². The van der Waals surface area contributed by atoms with E-state index in [0.717, 1.165) is 15.3 Å². The van der Waals surface area contributed by atoms with Crippen LogP contribution >= 0.6 is 15.9 Å². The topological polar surface area (TPSA) is 42.2 Å². The first-order chi connectivity index (χ1) is 8.66. The second-order valence-electron chi connectivity index (χ2n) is 3.82. The number of hydrogen-bond acceptors (Lipinski definition) is 2. The fourth-order valence-electron chi connectivity index (χ4n) is 1.76. The Morgan fingerprint density at radius 3 is 2.67 bits per heavy atom. The van der Waals surface area contributed by atoms with E-state index in [2.05, 4.69) is 15.9 Å². The molecule has 90 valence electrons. The molecule has 0 amide bonds. The number of halogens is 1. The Balaban J connectivity index is 2.28. The first-order valence-electron chi connectivity index (χ1n) is 5.27. The number of phenolic OH excluding ortho intramolecular Hbond substituents is 1. The van der Waals surface area contributed by atoms with E-state index in [0.29, 0.717) is 4.47 Å². The van der Waals surface area contributed by atoms with E-state index >= 15 is 0 Å². The van der Waals surface area contributed by atoms with Crippen molar-refractivity contribution in [3.8, 4) is 11.4 Å². The third-order valence-corrected chi connectivity index (χ3v) is 5.63. The molecule has 0 aliphatic heterocycles. The second kappa shape index (κ2) is 4.43. The van der Waals surface area contributed by atoms with Gasteiger partial charge in [0.15, 0.2) is 0 Å². The standard InChI is InChI=1S/C13H8BrNO2Se/c14-10-7-8(5-6-11(10)16)15-13(17)9-3-1-2-4-12(9)18-15/h1-7,16H. The zero-order chi connectivity index (χ0) is 12.7. The van der Waals surface area contributed by atoms with Crippen LogP contribution in [0.3, 0.4) is 0 Å². The normalized spacial score (nSPS) is 10.9. The van der Waals surface area contributed by atoms with Crippen molar-refractivity contribution in [2.75, 3.05) is 0 Å². The van der Waals surface area contributed by atoms with E-state index in [9.17, 15) is 9.90 Å². The van der Waals surface area contributed by atoms with Crippen molar-refractivity contribution in [3.05, 3.63) is 57.3 Å². The number of aromatic nitrogens is 1. The summed E-state index contributed by atoms with van der Waals surface area (Å²) in [4.78, 5) is 12.3. The molecule has 0 saturated heterocycles. The molecule has 0 aliphatic carbocycles. The zero-order valence-corrected chi connectivity index (χ0v) is 12.4. The van der Waals surface area contributed by atoms with Gasteiger partial charge in [0.05, 0.1) is 0 Å². The maximum absolute atomic E-state index is 12.3. The quantitative estimate of drug-likeness (QED) is 0.670. The van der Waals surface area contributed by atoms with Gasteiger partial charge in [-0.15, -0.1) is 0 Å². The predicted molar refractivity (Wildman–Crippen MR) is 75.8 cm³/mol. The van der Waals surface area contributed by atoms with Gasteiger partial charge in [0.25, 0.3) is 0 Å². The number of phenols is 1. The number of rotatable bonds is 1. The summed E-state index contributed by atoms with van der Waals surface area (Å²) >= 11 is 3.23. The molecule has 0 saturated carbocycles. The molecular formula is C13H8BrNO2Se. The van der Waals surface area contributed by atoms with Crippen LogP contribution in [-0.4, -0.2) is 23.4 Å².